The van der Waals surface area contributed by atoms with Gasteiger partial charge in [0, 0.05) is 43.3 Å². The Kier molecular flexibility index (Phi) is 6.89. The van der Waals surface area contributed by atoms with E-state index in [1.807, 2.05) is 40.7 Å². The summed E-state index contributed by atoms with van der Waals surface area (Å²) in [4.78, 5) is 16.7. The molecule has 0 aliphatic carbocycles. The Morgan fingerprint density at radius 3 is 2.65 bits per heavy atom. The molecule has 9 heteroatoms. The van der Waals surface area contributed by atoms with Gasteiger partial charge in [-0.3, -0.25) is 14.3 Å². The average molecular weight is 460 g/mol. The number of para-hydroxylation sites is 1. The predicted molar refractivity (Wildman–Crippen MR) is 120 cm³/mol. The van der Waals surface area contributed by atoms with Crippen LogP contribution in [0.5, 0.6) is 0 Å². The zero-order valence-electron chi connectivity index (χ0n) is 17.2. The number of hydrogen-bond acceptors (Lipinski definition) is 5. The van der Waals surface area contributed by atoms with Crippen LogP contribution in [0.3, 0.4) is 0 Å². The first-order valence-electron chi connectivity index (χ1n) is 10.0. The summed E-state index contributed by atoms with van der Waals surface area (Å²) in [6.45, 7) is 5.05. The van der Waals surface area contributed by atoms with Crippen LogP contribution in [-0.2, 0) is 11.3 Å². The van der Waals surface area contributed by atoms with Crippen molar-refractivity contribution in [1.82, 2.24) is 24.6 Å². The number of carbonyl (C=O) groups is 1. The van der Waals surface area contributed by atoms with Gasteiger partial charge < -0.3 is 4.90 Å². The normalized spacial score (nSPS) is 14.7. The first-order valence-corrected chi connectivity index (χ1v) is 11.4. The van der Waals surface area contributed by atoms with Crippen LogP contribution in [0.25, 0.3) is 5.69 Å². The van der Waals surface area contributed by atoms with Crippen molar-refractivity contribution in [3.8, 4) is 5.69 Å². The standard InChI is InChI=1S/C22H23ClFN5OS/c1-16-5-2-3-8-20(16)29-15-25-26-22(29)31-14-21(30)28-11-9-27(10-12-28)13-17-18(23)6-4-7-19(17)24/h2-8,15H,9-14H2,1H3. The third kappa shape index (κ3) is 5.08. The molecule has 0 saturated carbocycles. The first-order chi connectivity index (χ1) is 15.0. The fourth-order valence-electron chi connectivity index (χ4n) is 3.60. The van der Waals surface area contributed by atoms with Gasteiger partial charge in [0.1, 0.15) is 12.1 Å². The Morgan fingerprint density at radius 2 is 1.90 bits per heavy atom. The number of piperazine rings is 1. The van der Waals surface area contributed by atoms with Crippen LogP contribution in [0.15, 0.2) is 53.9 Å². The van der Waals surface area contributed by atoms with E-state index in [0.717, 1.165) is 11.3 Å². The largest absolute Gasteiger partial charge is 0.339 e. The number of amides is 1. The molecule has 4 rings (SSSR count). The Balaban J connectivity index is 1.31. The summed E-state index contributed by atoms with van der Waals surface area (Å²) in [6, 6.07) is 12.7. The zero-order chi connectivity index (χ0) is 21.8. The second kappa shape index (κ2) is 9.80. The third-order valence-electron chi connectivity index (χ3n) is 5.38. The minimum atomic E-state index is -0.292. The summed E-state index contributed by atoms with van der Waals surface area (Å²) in [5.41, 5.74) is 2.62. The molecule has 1 aliphatic heterocycles. The highest BCUT2D eigenvalue weighted by Gasteiger charge is 2.23. The van der Waals surface area contributed by atoms with Crippen molar-refractivity contribution < 1.29 is 9.18 Å². The molecule has 0 spiro atoms. The molecule has 1 aliphatic rings. The van der Waals surface area contributed by atoms with Gasteiger partial charge in [0.25, 0.3) is 0 Å². The molecule has 3 aromatic rings. The second-order valence-electron chi connectivity index (χ2n) is 7.42. The first kappa shape index (κ1) is 21.8. The van der Waals surface area contributed by atoms with E-state index in [1.165, 1.54) is 17.8 Å². The van der Waals surface area contributed by atoms with Gasteiger partial charge >= 0.3 is 0 Å². The number of rotatable bonds is 6. The van der Waals surface area contributed by atoms with Crippen LogP contribution in [0.4, 0.5) is 4.39 Å². The van der Waals surface area contributed by atoms with Gasteiger partial charge in [-0.1, -0.05) is 47.6 Å². The van der Waals surface area contributed by atoms with E-state index in [2.05, 4.69) is 15.1 Å². The lowest BCUT2D eigenvalue weighted by molar-refractivity contribution is -0.130. The van der Waals surface area contributed by atoms with Crippen molar-refractivity contribution in [2.24, 2.45) is 0 Å². The monoisotopic (exact) mass is 459 g/mol. The Morgan fingerprint density at radius 1 is 1.13 bits per heavy atom. The molecule has 162 valence electrons. The summed E-state index contributed by atoms with van der Waals surface area (Å²) < 4.78 is 15.9. The molecule has 6 nitrogen and oxygen atoms in total. The van der Waals surface area contributed by atoms with E-state index in [1.54, 1.807) is 18.5 Å². The molecular weight excluding hydrogens is 437 g/mol. The molecule has 1 aromatic heterocycles. The summed E-state index contributed by atoms with van der Waals surface area (Å²) in [5.74, 6) is 0.0667. The Labute approximate surface area is 190 Å². The maximum atomic E-state index is 14.0. The van der Waals surface area contributed by atoms with Crippen molar-refractivity contribution in [2.45, 2.75) is 18.6 Å². The third-order valence-corrected chi connectivity index (χ3v) is 6.67. The molecule has 0 bridgehead atoms. The van der Waals surface area contributed by atoms with Gasteiger partial charge in [0.05, 0.1) is 11.4 Å². The van der Waals surface area contributed by atoms with Gasteiger partial charge in [0.2, 0.25) is 5.91 Å². The van der Waals surface area contributed by atoms with Crippen LogP contribution in [0.1, 0.15) is 11.1 Å². The second-order valence-corrected chi connectivity index (χ2v) is 8.77. The quantitative estimate of drug-likeness (QED) is 0.525. The fraction of sp³-hybridized carbons (Fsp3) is 0.318. The van der Waals surface area contributed by atoms with E-state index < -0.39 is 0 Å². The van der Waals surface area contributed by atoms with Crippen LogP contribution >= 0.6 is 23.4 Å². The van der Waals surface area contributed by atoms with Crippen molar-refractivity contribution >= 4 is 29.3 Å². The van der Waals surface area contributed by atoms with Crippen LogP contribution in [-0.4, -0.2) is 62.4 Å². The molecule has 1 amide bonds. The van der Waals surface area contributed by atoms with Gasteiger partial charge in [0.15, 0.2) is 5.16 Å². The van der Waals surface area contributed by atoms with Crippen molar-refractivity contribution in [1.29, 1.82) is 0 Å². The van der Waals surface area contributed by atoms with Crippen LogP contribution in [0, 0.1) is 12.7 Å². The van der Waals surface area contributed by atoms with Gasteiger partial charge in [-0.15, -0.1) is 10.2 Å². The Bertz CT molecular complexity index is 1050. The van der Waals surface area contributed by atoms with Crippen molar-refractivity contribution in [3.63, 3.8) is 0 Å². The summed E-state index contributed by atoms with van der Waals surface area (Å²) in [7, 11) is 0. The highest BCUT2D eigenvalue weighted by Crippen LogP contribution is 2.23. The number of aromatic nitrogens is 3. The lowest BCUT2D eigenvalue weighted by Crippen LogP contribution is -2.48. The summed E-state index contributed by atoms with van der Waals surface area (Å²) in [5, 5.41) is 9.32. The predicted octanol–water partition coefficient (Wildman–Crippen LogP) is 3.80. The molecule has 0 unspecified atom stereocenters. The average Bonchev–Trinajstić information content (AvgIpc) is 3.24. The SMILES string of the molecule is Cc1ccccc1-n1cnnc1SCC(=O)N1CCN(Cc2c(F)cccc2Cl)CC1. The Hall–Kier alpha value is -2.42. The van der Waals surface area contributed by atoms with E-state index in [9.17, 15) is 9.18 Å². The smallest absolute Gasteiger partial charge is 0.233 e. The lowest BCUT2D eigenvalue weighted by atomic mass is 10.2. The van der Waals surface area contributed by atoms with Crippen molar-refractivity contribution in [2.75, 3.05) is 31.9 Å². The molecule has 2 aromatic carbocycles. The molecule has 0 N–H and O–H groups in total. The molecule has 1 saturated heterocycles. The van der Waals surface area contributed by atoms with Gasteiger partial charge in [-0.2, -0.15) is 0 Å². The van der Waals surface area contributed by atoms with E-state index in [4.69, 9.17) is 11.6 Å². The molecular formula is C22H23ClFN5OS. The van der Waals surface area contributed by atoms with Crippen LogP contribution < -0.4 is 0 Å². The maximum absolute atomic E-state index is 14.0. The van der Waals surface area contributed by atoms with Crippen molar-refractivity contribution in [3.05, 3.63) is 70.8 Å². The maximum Gasteiger partial charge on any atom is 0.233 e. The minimum absolute atomic E-state index is 0.0629. The van der Waals surface area contributed by atoms with E-state index in [0.29, 0.717) is 54.2 Å². The van der Waals surface area contributed by atoms with Gasteiger partial charge in [-0.05, 0) is 30.7 Å². The number of aryl methyl sites for hydroxylation is 1. The summed E-state index contributed by atoms with van der Waals surface area (Å²) >= 11 is 7.52. The van der Waals surface area contributed by atoms with Gasteiger partial charge in [-0.25, -0.2) is 4.39 Å². The number of halogens is 2. The molecule has 1 fully saturated rings. The molecule has 0 radical (unpaired) electrons. The molecule has 2 heterocycles. The number of thioether (sulfide) groups is 1. The highest BCUT2D eigenvalue weighted by molar-refractivity contribution is 7.99. The number of nitrogens with zero attached hydrogens (tertiary/aromatic N) is 5. The van der Waals surface area contributed by atoms with Crippen LogP contribution in [0.2, 0.25) is 5.02 Å². The summed E-state index contributed by atoms with van der Waals surface area (Å²) in [6.07, 6.45) is 1.67. The molecule has 31 heavy (non-hydrogen) atoms. The van der Waals surface area contributed by atoms with E-state index >= 15 is 0 Å². The molecule has 0 atom stereocenters. The topological polar surface area (TPSA) is 54.3 Å². The lowest BCUT2D eigenvalue weighted by Gasteiger charge is -2.34. The number of benzene rings is 2. The zero-order valence-corrected chi connectivity index (χ0v) is 18.7. The van der Waals surface area contributed by atoms with E-state index in [-0.39, 0.29) is 11.7 Å². The highest BCUT2D eigenvalue weighted by atomic mass is 35.5. The number of hydrogen-bond donors (Lipinski definition) is 0. The fourth-order valence-corrected chi connectivity index (χ4v) is 4.65. The number of carbonyl (C=O) groups excluding carboxylic acids is 1. The minimum Gasteiger partial charge on any atom is -0.339 e.